The number of nitrogens with two attached hydrogens (primary N) is 2. The third kappa shape index (κ3) is 16.4. The first-order chi connectivity index (χ1) is 26.0. The number of amides is 3. The fraction of sp³-hybridized carbons (Fsp3) is 0.409. The van der Waals surface area contributed by atoms with Gasteiger partial charge in [0.1, 0.15) is 5.60 Å². The predicted molar refractivity (Wildman–Crippen MR) is 221 cm³/mol. The Kier molecular flexibility index (Phi) is 19.2. The highest BCUT2D eigenvalue weighted by Crippen LogP contribution is 2.26. The number of nitrogens with one attached hydrogen (secondary N) is 1. The summed E-state index contributed by atoms with van der Waals surface area (Å²) in [5, 5.41) is 22.2. The van der Waals surface area contributed by atoms with Gasteiger partial charge < -0.3 is 26.4 Å². The van der Waals surface area contributed by atoms with Crippen molar-refractivity contribution in [2.45, 2.75) is 84.8 Å². The van der Waals surface area contributed by atoms with Crippen LogP contribution in [0.1, 0.15) is 75.3 Å². The van der Waals surface area contributed by atoms with Crippen LogP contribution in [-0.4, -0.2) is 71.2 Å². The van der Waals surface area contributed by atoms with E-state index in [4.69, 9.17) is 5.73 Å². The Morgan fingerprint density at radius 1 is 0.964 bits per heavy atom. The van der Waals surface area contributed by atoms with Gasteiger partial charge in [-0.05, 0) is 64.5 Å². The van der Waals surface area contributed by atoms with Crippen molar-refractivity contribution >= 4 is 29.7 Å². The molecule has 2 atom stereocenters. The topological polar surface area (TPSA) is 181 Å². The Balaban J connectivity index is 0.000000571. The molecule has 0 spiro atoms. The number of primary amides is 2. The first kappa shape index (κ1) is 46.1. The van der Waals surface area contributed by atoms with E-state index in [1.54, 1.807) is 17.3 Å². The zero-order chi connectivity index (χ0) is 41.0. The van der Waals surface area contributed by atoms with Crippen LogP contribution < -0.4 is 16.9 Å². The molecule has 2 unspecified atom stereocenters. The Bertz CT molecular complexity index is 1690. The van der Waals surface area contributed by atoms with Crippen LogP contribution in [0.25, 0.3) is 5.57 Å². The number of hydrogen-bond donors (Lipinski definition) is 5. The van der Waals surface area contributed by atoms with Crippen molar-refractivity contribution in [3.8, 4) is 0 Å². The SMILES string of the molecule is C=C/C(=C\N=CCC)c1ccc(CCN(CCC(O)(Cc2ccccc2)C(N)=O)NC(=O)C(C)C(C)(C)C)cc1.COC(N)=O.OC1Cc2ccccc2C1. The lowest BCUT2D eigenvalue weighted by Gasteiger charge is -2.32. The summed E-state index contributed by atoms with van der Waals surface area (Å²) < 4.78 is 3.89. The summed E-state index contributed by atoms with van der Waals surface area (Å²) in [4.78, 5) is 39.1. The summed E-state index contributed by atoms with van der Waals surface area (Å²) in [5.41, 5.74) is 17.6. The number of aliphatic imine (C=N–C) groups is 1. The van der Waals surface area contributed by atoms with Crippen LogP contribution in [0.15, 0.2) is 103 Å². The van der Waals surface area contributed by atoms with Crippen LogP contribution in [0, 0.1) is 11.3 Å². The summed E-state index contributed by atoms with van der Waals surface area (Å²) in [5.74, 6) is -1.13. The Morgan fingerprint density at radius 2 is 1.53 bits per heavy atom. The minimum atomic E-state index is -1.74. The third-order valence-corrected chi connectivity index (χ3v) is 9.46. The molecule has 3 aromatic rings. The maximum atomic E-state index is 13.1. The van der Waals surface area contributed by atoms with Crippen molar-refractivity contribution in [1.29, 1.82) is 0 Å². The van der Waals surface area contributed by atoms with E-state index in [1.165, 1.54) is 18.2 Å². The average Bonchev–Trinajstić information content (AvgIpc) is 3.55. The van der Waals surface area contributed by atoms with E-state index in [0.717, 1.165) is 41.5 Å². The van der Waals surface area contributed by atoms with Crippen molar-refractivity contribution in [1.82, 2.24) is 10.4 Å². The van der Waals surface area contributed by atoms with Gasteiger partial charge in [0.05, 0.1) is 13.2 Å². The highest BCUT2D eigenvalue weighted by atomic mass is 16.5. The zero-order valence-electron chi connectivity index (χ0n) is 33.3. The lowest BCUT2D eigenvalue weighted by molar-refractivity contribution is -0.138. The number of aliphatic hydroxyl groups excluding tert-OH is 1. The van der Waals surface area contributed by atoms with E-state index in [9.17, 15) is 24.6 Å². The van der Waals surface area contributed by atoms with Gasteiger partial charge in [-0.15, -0.1) is 0 Å². The fourth-order valence-electron chi connectivity index (χ4n) is 5.57. The molecular weight excluding hydrogens is 695 g/mol. The Hall–Kier alpha value is -5.10. The molecule has 55 heavy (non-hydrogen) atoms. The number of hydrogen-bond acceptors (Lipinski definition) is 8. The predicted octanol–water partition coefficient (Wildman–Crippen LogP) is 5.96. The van der Waals surface area contributed by atoms with E-state index in [0.29, 0.717) is 13.0 Å². The Labute approximate surface area is 327 Å². The molecular formula is C44H61N5O6. The van der Waals surface area contributed by atoms with Crippen molar-refractivity contribution in [2.24, 2.45) is 27.8 Å². The van der Waals surface area contributed by atoms with Crippen molar-refractivity contribution in [2.75, 3.05) is 20.2 Å². The number of rotatable bonds is 15. The van der Waals surface area contributed by atoms with Crippen LogP contribution in [0.2, 0.25) is 0 Å². The summed E-state index contributed by atoms with van der Waals surface area (Å²) in [6, 6.07) is 25.7. The summed E-state index contributed by atoms with van der Waals surface area (Å²) in [6.45, 7) is 14.6. The highest BCUT2D eigenvalue weighted by Gasteiger charge is 2.35. The normalized spacial score (nSPS) is 14.4. The number of nitrogens with zero attached hydrogens (tertiary/aromatic N) is 2. The van der Waals surface area contributed by atoms with Crippen LogP contribution in [-0.2, 0) is 40.0 Å². The van der Waals surface area contributed by atoms with E-state index >= 15 is 0 Å². The van der Waals surface area contributed by atoms with Crippen LogP contribution >= 0.6 is 0 Å². The molecule has 0 aromatic heterocycles. The van der Waals surface area contributed by atoms with E-state index in [-0.39, 0.29) is 42.7 Å². The monoisotopic (exact) mass is 755 g/mol. The second-order valence-corrected chi connectivity index (χ2v) is 14.7. The van der Waals surface area contributed by atoms with Gasteiger partial charge in [-0.1, -0.05) is 126 Å². The maximum absolute atomic E-state index is 13.1. The molecule has 298 valence electrons. The molecule has 1 aliphatic rings. The molecule has 0 heterocycles. The summed E-state index contributed by atoms with van der Waals surface area (Å²) in [7, 11) is 1.22. The molecule has 0 radical (unpaired) electrons. The number of ether oxygens (including phenoxy) is 1. The zero-order valence-corrected chi connectivity index (χ0v) is 33.3. The molecule has 7 N–H and O–H groups in total. The number of benzene rings is 3. The Morgan fingerprint density at radius 3 is 2.02 bits per heavy atom. The standard InChI is InChI=1S/C33H46N4O3.C9H10O.C2H5NO2/c1-7-20-35-24-28(8-2)29-16-14-26(15-17-29)18-21-37(36-30(38)25(3)32(4,5)6)22-19-33(40,31(34)39)23-27-12-10-9-11-13-27;10-9-5-7-3-1-2-4-8(7)6-9;1-5-2(3)4/h8-17,20,24-25,40H,2,7,18-19,21-23H2,1,3-6H3,(H2,34,39)(H,36,38);1-4,9-10H,5-6H2;1H3,(H2,3,4)/b28-24+,35-20?;;. The first-order valence-corrected chi connectivity index (χ1v) is 18.7. The van der Waals surface area contributed by atoms with Gasteiger partial charge in [0, 0.05) is 44.3 Å². The number of hydrazine groups is 1. The van der Waals surface area contributed by atoms with Gasteiger partial charge in [0.15, 0.2) is 0 Å². The quantitative estimate of drug-likeness (QED) is 0.0721. The number of fused-ring (bicyclic) bond motifs is 1. The molecule has 0 aliphatic heterocycles. The molecule has 4 rings (SSSR count). The number of methoxy groups -OCH3 is 1. The fourth-order valence-corrected chi connectivity index (χ4v) is 5.57. The smallest absolute Gasteiger partial charge is 0.404 e. The van der Waals surface area contributed by atoms with Gasteiger partial charge in [-0.2, -0.15) is 0 Å². The number of carbonyl (C=O) groups is 3. The lowest BCUT2D eigenvalue weighted by atomic mass is 9.82. The minimum absolute atomic E-state index is 0.0755. The largest absolute Gasteiger partial charge is 0.453 e. The maximum Gasteiger partial charge on any atom is 0.404 e. The molecule has 11 nitrogen and oxygen atoms in total. The minimum Gasteiger partial charge on any atom is -0.453 e. The van der Waals surface area contributed by atoms with Crippen LogP contribution in [0.3, 0.4) is 0 Å². The molecule has 1 aliphatic carbocycles. The van der Waals surface area contributed by atoms with Gasteiger partial charge in [-0.25, -0.2) is 9.80 Å². The van der Waals surface area contributed by atoms with E-state index in [1.807, 2.05) is 108 Å². The van der Waals surface area contributed by atoms with Crippen LogP contribution in [0.5, 0.6) is 0 Å². The molecule has 0 bridgehead atoms. The third-order valence-electron chi connectivity index (χ3n) is 9.46. The second kappa shape index (κ2) is 23.0. The van der Waals surface area contributed by atoms with Crippen molar-refractivity contribution in [3.63, 3.8) is 0 Å². The summed E-state index contributed by atoms with van der Waals surface area (Å²) in [6.07, 6.45) is 7.94. The number of allylic oxidation sites excluding steroid dienone is 2. The van der Waals surface area contributed by atoms with Gasteiger partial charge in [0.2, 0.25) is 11.8 Å². The van der Waals surface area contributed by atoms with Crippen molar-refractivity contribution < 1.29 is 29.3 Å². The molecule has 0 saturated carbocycles. The van der Waals surface area contributed by atoms with E-state index < -0.39 is 17.6 Å². The average molecular weight is 756 g/mol. The molecule has 11 heteroatoms. The molecule has 3 aromatic carbocycles. The first-order valence-electron chi connectivity index (χ1n) is 18.7. The van der Waals surface area contributed by atoms with E-state index in [2.05, 4.69) is 39.6 Å². The molecule has 3 amide bonds. The van der Waals surface area contributed by atoms with Gasteiger partial charge in [-0.3, -0.25) is 20.0 Å². The second-order valence-electron chi connectivity index (χ2n) is 14.7. The molecule has 0 fully saturated rings. The van der Waals surface area contributed by atoms with Crippen LogP contribution in [0.4, 0.5) is 4.79 Å². The highest BCUT2D eigenvalue weighted by molar-refractivity contribution is 5.83. The summed E-state index contributed by atoms with van der Waals surface area (Å²) >= 11 is 0. The lowest BCUT2D eigenvalue weighted by Crippen LogP contribution is -2.52. The van der Waals surface area contributed by atoms with Gasteiger partial charge in [0.25, 0.3) is 0 Å². The van der Waals surface area contributed by atoms with Crippen molar-refractivity contribution in [3.05, 3.63) is 126 Å². The number of aliphatic hydroxyl groups is 2. The molecule has 0 saturated heterocycles. The number of carbonyl (C=O) groups excluding carboxylic acids is 3. The van der Waals surface area contributed by atoms with Gasteiger partial charge >= 0.3 is 6.09 Å².